The number of benzene rings is 2. The highest BCUT2D eigenvalue weighted by molar-refractivity contribution is 9.10. The third-order valence-corrected chi connectivity index (χ3v) is 7.41. The number of rotatable bonds is 6. The highest BCUT2D eigenvalue weighted by atomic mass is 79.9. The third kappa shape index (κ3) is 4.58. The van der Waals surface area contributed by atoms with Crippen LogP contribution in [0.2, 0.25) is 0 Å². The molecule has 2 aromatic carbocycles. The summed E-state index contributed by atoms with van der Waals surface area (Å²) in [6, 6.07) is 13.8. The number of hydrogen-bond donors (Lipinski definition) is 1. The molecule has 0 aliphatic heterocycles. The van der Waals surface area contributed by atoms with Crippen molar-refractivity contribution in [1.29, 1.82) is 0 Å². The molecule has 29 heavy (non-hydrogen) atoms. The number of nitrogens with one attached hydrogen (secondary N) is 1. The third-order valence-electron chi connectivity index (χ3n) is 6.27. The van der Waals surface area contributed by atoms with E-state index in [9.17, 15) is 4.79 Å². The lowest BCUT2D eigenvalue weighted by Crippen LogP contribution is -2.22. The Bertz CT molecular complexity index is 929. The number of halogens is 2. The lowest BCUT2D eigenvalue weighted by atomic mass is 9.90. The molecule has 2 aromatic rings. The normalized spacial score (nSPS) is 25.5. The number of amides is 1. The van der Waals surface area contributed by atoms with Crippen molar-refractivity contribution in [1.82, 2.24) is 5.43 Å². The molecule has 0 spiro atoms. The largest absolute Gasteiger partial charge is 0.488 e. The summed E-state index contributed by atoms with van der Waals surface area (Å²) in [4.78, 5) is 12.5. The van der Waals surface area contributed by atoms with Crippen LogP contribution < -0.4 is 10.2 Å². The van der Waals surface area contributed by atoms with Crippen LogP contribution in [0.1, 0.15) is 43.7 Å². The Morgan fingerprint density at radius 3 is 2.72 bits per heavy atom. The molecule has 4 rings (SSSR count). The second-order valence-corrected chi connectivity index (χ2v) is 9.95. The molecule has 2 fully saturated rings. The molecule has 3 atom stereocenters. The van der Waals surface area contributed by atoms with Gasteiger partial charge in [0.1, 0.15) is 12.4 Å². The number of fused-ring (bicyclic) bond motifs is 1. The van der Waals surface area contributed by atoms with Gasteiger partial charge in [-0.25, -0.2) is 5.43 Å². The van der Waals surface area contributed by atoms with Crippen molar-refractivity contribution >= 4 is 44.0 Å². The SMILES string of the molecule is C[C@]12CCCC[C@@H]1[C@@H]2C(=O)N/N=C\c1ccc(OCc2ccc(Br)cc2)c(Br)c1. The van der Waals surface area contributed by atoms with Gasteiger partial charge in [0.05, 0.1) is 10.7 Å². The number of nitrogens with zero attached hydrogens (tertiary/aromatic N) is 1. The Morgan fingerprint density at radius 1 is 1.24 bits per heavy atom. The van der Waals surface area contributed by atoms with Gasteiger partial charge in [-0.2, -0.15) is 5.10 Å². The first kappa shape index (κ1) is 20.6. The van der Waals surface area contributed by atoms with E-state index in [1.165, 1.54) is 19.3 Å². The van der Waals surface area contributed by atoms with Gasteiger partial charge in [-0.05, 0) is 81.6 Å². The number of carbonyl (C=O) groups is 1. The number of carbonyl (C=O) groups excluding carboxylic acids is 1. The number of hydrogen-bond acceptors (Lipinski definition) is 3. The van der Waals surface area contributed by atoms with E-state index in [-0.39, 0.29) is 17.2 Å². The molecule has 1 N–H and O–H groups in total. The lowest BCUT2D eigenvalue weighted by Gasteiger charge is -2.15. The second kappa shape index (κ2) is 8.60. The van der Waals surface area contributed by atoms with Crippen molar-refractivity contribution in [3.8, 4) is 5.75 Å². The monoisotopic (exact) mass is 518 g/mol. The van der Waals surface area contributed by atoms with E-state index in [1.807, 2.05) is 42.5 Å². The van der Waals surface area contributed by atoms with Crippen molar-refractivity contribution in [2.75, 3.05) is 0 Å². The van der Waals surface area contributed by atoms with Gasteiger partial charge >= 0.3 is 0 Å². The minimum Gasteiger partial charge on any atom is -0.488 e. The Hall–Kier alpha value is -1.66. The molecule has 0 saturated heterocycles. The Kier molecular flexibility index (Phi) is 6.11. The molecule has 6 heteroatoms. The van der Waals surface area contributed by atoms with Crippen LogP contribution in [0, 0.1) is 17.3 Å². The second-order valence-electron chi connectivity index (χ2n) is 8.18. The van der Waals surface area contributed by atoms with Crippen molar-refractivity contribution in [3.05, 3.63) is 62.5 Å². The van der Waals surface area contributed by atoms with E-state index in [0.717, 1.165) is 32.2 Å². The van der Waals surface area contributed by atoms with Gasteiger partial charge in [-0.15, -0.1) is 0 Å². The van der Waals surface area contributed by atoms with E-state index in [4.69, 9.17) is 4.74 Å². The molecular formula is C23H24Br2N2O2. The summed E-state index contributed by atoms with van der Waals surface area (Å²) in [6.07, 6.45) is 6.50. The zero-order valence-electron chi connectivity index (χ0n) is 16.3. The first-order valence-corrected chi connectivity index (χ1v) is 11.6. The summed E-state index contributed by atoms with van der Waals surface area (Å²) in [6.45, 7) is 2.74. The van der Waals surface area contributed by atoms with Crippen LogP contribution in [0.3, 0.4) is 0 Å². The maximum atomic E-state index is 12.5. The van der Waals surface area contributed by atoms with Gasteiger partial charge in [0.2, 0.25) is 5.91 Å². The van der Waals surface area contributed by atoms with E-state index in [1.54, 1.807) is 6.21 Å². The van der Waals surface area contributed by atoms with E-state index < -0.39 is 0 Å². The lowest BCUT2D eigenvalue weighted by molar-refractivity contribution is -0.123. The smallest absolute Gasteiger partial charge is 0.244 e. The predicted octanol–water partition coefficient (Wildman–Crippen LogP) is 6.07. The Morgan fingerprint density at radius 2 is 2.03 bits per heavy atom. The maximum absolute atomic E-state index is 12.5. The van der Waals surface area contributed by atoms with Crippen molar-refractivity contribution in [2.45, 2.75) is 39.2 Å². The van der Waals surface area contributed by atoms with Crippen LogP contribution in [0.25, 0.3) is 0 Å². The highest BCUT2D eigenvalue weighted by Crippen LogP contribution is 2.66. The van der Waals surface area contributed by atoms with Crippen LogP contribution in [-0.4, -0.2) is 12.1 Å². The van der Waals surface area contributed by atoms with Gasteiger partial charge < -0.3 is 4.74 Å². The molecule has 0 heterocycles. The van der Waals surface area contributed by atoms with E-state index >= 15 is 0 Å². The topological polar surface area (TPSA) is 50.7 Å². The first-order chi connectivity index (χ1) is 14.0. The molecule has 0 radical (unpaired) electrons. The first-order valence-electron chi connectivity index (χ1n) is 9.97. The fourth-order valence-electron chi connectivity index (χ4n) is 4.55. The van der Waals surface area contributed by atoms with Crippen molar-refractivity contribution < 1.29 is 9.53 Å². The van der Waals surface area contributed by atoms with Gasteiger partial charge in [-0.1, -0.05) is 47.8 Å². The average Bonchev–Trinajstić information content (AvgIpc) is 3.34. The molecule has 2 aliphatic rings. The summed E-state index contributed by atoms with van der Waals surface area (Å²) >= 11 is 6.99. The summed E-state index contributed by atoms with van der Waals surface area (Å²) < 4.78 is 7.79. The molecule has 4 nitrogen and oxygen atoms in total. The summed E-state index contributed by atoms with van der Waals surface area (Å²) in [5.41, 5.74) is 4.94. The molecule has 152 valence electrons. The zero-order chi connectivity index (χ0) is 20.4. The van der Waals surface area contributed by atoms with Crippen LogP contribution in [0.4, 0.5) is 0 Å². The molecular weight excluding hydrogens is 496 g/mol. The molecule has 2 saturated carbocycles. The van der Waals surface area contributed by atoms with Crippen molar-refractivity contribution in [2.24, 2.45) is 22.4 Å². The van der Waals surface area contributed by atoms with Gasteiger partial charge in [-0.3, -0.25) is 4.79 Å². The summed E-state index contributed by atoms with van der Waals surface area (Å²) in [7, 11) is 0. The quantitative estimate of drug-likeness (QED) is 0.372. The van der Waals surface area contributed by atoms with Gasteiger partial charge in [0.15, 0.2) is 0 Å². The molecule has 0 aromatic heterocycles. The minimum atomic E-state index is 0.0594. The van der Waals surface area contributed by atoms with Crippen LogP contribution >= 0.6 is 31.9 Å². The molecule has 1 amide bonds. The van der Waals surface area contributed by atoms with Crippen LogP contribution in [0.5, 0.6) is 5.75 Å². The minimum absolute atomic E-state index is 0.0594. The zero-order valence-corrected chi connectivity index (χ0v) is 19.5. The fourth-order valence-corrected chi connectivity index (χ4v) is 5.32. The fraction of sp³-hybridized carbons (Fsp3) is 0.391. The van der Waals surface area contributed by atoms with Crippen molar-refractivity contribution in [3.63, 3.8) is 0 Å². The van der Waals surface area contributed by atoms with Crippen LogP contribution in [-0.2, 0) is 11.4 Å². The molecule has 0 unspecified atom stereocenters. The number of ether oxygens (including phenoxy) is 1. The highest BCUT2D eigenvalue weighted by Gasteiger charge is 2.64. The molecule has 0 bridgehead atoms. The maximum Gasteiger partial charge on any atom is 0.244 e. The average molecular weight is 520 g/mol. The van der Waals surface area contributed by atoms with E-state index in [2.05, 4.69) is 49.3 Å². The molecule has 2 aliphatic carbocycles. The number of hydrazone groups is 1. The summed E-state index contributed by atoms with van der Waals surface area (Å²) in [5.74, 6) is 1.50. The van der Waals surface area contributed by atoms with Gasteiger partial charge in [0.25, 0.3) is 0 Å². The Balaban J connectivity index is 1.31. The standard InChI is InChI=1S/C23H24Br2N2O2/c1-23-11-3-2-4-18(23)21(23)22(28)27-26-13-16-7-10-20(19(25)12-16)29-14-15-5-8-17(24)9-6-15/h5-10,12-13,18,21H,2-4,11,14H2,1H3,(H,27,28)/b26-13-/t18-,21-,23+/m1/s1. The predicted molar refractivity (Wildman–Crippen MR) is 122 cm³/mol. The van der Waals surface area contributed by atoms with Crippen LogP contribution in [0.15, 0.2) is 56.5 Å². The Labute approximate surface area is 188 Å². The van der Waals surface area contributed by atoms with Gasteiger partial charge in [0, 0.05) is 10.4 Å². The van der Waals surface area contributed by atoms with E-state index in [0.29, 0.717) is 12.5 Å². The summed E-state index contributed by atoms with van der Waals surface area (Å²) in [5, 5.41) is 4.17.